The Labute approximate surface area is 143 Å². The zero-order valence-electron chi connectivity index (χ0n) is 13.2. The molecule has 0 aromatic heterocycles. The molecule has 1 fully saturated rings. The van der Waals surface area contributed by atoms with Crippen molar-refractivity contribution < 1.29 is 22.7 Å². The van der Waals surface area contributed by atoms with Gasteiger partial charge in [0.15, 0.2) is 0 Å². The predicted octanol–water partition coefficient (Wildman–Crippen LogP) is 3.84. The van der Waals surface area contributed by atoms with Crippen LogP contribution in [0.2, 0.25) is 0 Å². The number of rotatable bonds is 5. The van der Waals surface area contributed by atoms with Crippen molar-refractivity contribution in [1.29, 1.82) is 0 Å². The van der Waals surface area contributed by atoms with Crippen LogP contribution in [0.5, 0.6) is 5.75 Å². The van der Waals surface area contributed by atoms with Crippen molar-refractivity contribution in [2.24, 2.45) is 0 Å². The number of hydrogen-bond acceptors (Lipinski definition) is 4. The van der Waals surface area contributed by atoms with Gasteiger partial charge in [-0.2, -0.15) is 0 Å². The Morgan fingerprint density at radius 2 is 1.92 bits per heavy atom. The predicted molar refractivity (Wildman–Crippen MR) is 88.0 cm³/mol. The van der Waals surface area contributed by atoms with Crippen LogP contribution < -0.4 is 15.4 Å². The third-order valence-corrected chi connectivity index (χ3v) is 4.44. The van der Waals surface area contributed by atoms with Gasteiger partial charge in [0.25, 0.3) is 0 Å². The van der Waals surface area contributed by atoms with Crippen LogP contribution in [0.4, 0.5) is 23.7 Å². The van der Waals surface area contributed by atoms with E-state index in [1.54, 1.807) is 11.9 Å². The fourth-order valence-electron chi connectivity index (χ4n) is 2.40. The maximum Gasteiger partial charge on any atom is 0.573 e. The lowest BCUT2D eigenvalue weighted by Crippen LogP contribution is -2.44. The molecule has 0 radical (unpaired) electrons. The minimum Gasteiger partial charge on any atom is -0.406 e. The SMILES string of the molecule is CCSN1CCC(NC(=O)Nc2ccc(OC(F)(F)F)cc2)CC1. The molecular formula is C15H20F3N3O2S. The molecule has 1 aliphatic rings. The molecule has 0 saturated carbocycles. The molecule has 134 valence electrons. The molecule has 0 unspecified atom stereocenters. The molecule has 9 heteroatoms. The van der Waals surface area contributed by atoms with Gasteiger partial charge in [-0.3, -0.25) is 4.31 Å². The van der Waals surface area contributed by atoms with Crippen LogP contribution in [0.1, 0.15) is 19.8 Å². The first-order valence-electron chi connectivity index (χ1n) is 7.67. The number of carbonyl (C=O) groups is 1. The molecule has 1 aromatic rings. The molecule has 2 rings (SSSR count). The maximum atomic E-state index is 12.1. The quantitative estimate of drug-likeness (QED) is 0.781. The summed E-state index contributed by atoms with van der Waals surface area (Å²) in [4.78, 5) is 11.9. The highest BCUT2D eigenvalue weighted by Gasteiger charge is 2.31. The normalized spacial score (nSPS) is 16.7. The number of urea groups is 1. The van der Waals surface area contributed by atoms with Crippen LogP contribution >= 0.6 is 11.9 Å². The summed E-state index contributed by atoms with van der Waals surface area (Å²) >= 11 is 1.79. The molecule has 5 nitrogen and oxygen atoms in total. The minimum absolute atomic E-state index is 0.103. The van der Waals surface area contributed by atoms with E-state index < -0.39 is 6.36 Å². The Bertz CT molecular complexity index is 532. The van der Waals surface area contributed by atoms with Crippen LogP contribution in [0, 0.1) is 0 Å². The van der Waals surface area contributed by atoms with Crippen molar-refractivity contribution in [3.8, 4) is 5.75 Å². The number of hydrogen-bond donors (Lipinski definition) is 2. The minimum atomic E-state index is -4.72. The average molecular weight is 363 g/mol. The van der Waals surface area contributed by atoms with Crippen LogP contribution in [-0.4, -0.2) is 41.6 Å². The lowest BCUT2D eigenvalue weighted by atomic mass is 10.1. The molecule has 0 spiro atoms. The van der Waals surface area contributed by atoms with E-state index >= 15 is 0 Å². The van der Waals surface area contributed by atoms with E-state index in [-0.39, 0.29) is 17.8 Å². The van der Waals surface area contributed by atoms with Crippen LogP contribution in [0.25, 0.3) is 0 Å². The second kappa shape index (κ2) is 8.48. The molecule has 1 saturated heterocycles. The van der Waals surface area contributed by atoms with Gasteiger partial charge in [0, 0.05) is 30.6 Å². The summed E-state index contributed by atoms with van der Waals surface area (Å²) in [5.74, 6) is 0.710. The van der Waals surface area contributed by atoms with E-state index in [2.05, 4.69) is 26.6 Å². The Kier molecular flexibility index (Phi) is 6.61. The Morgan fingerprint density at radius 1 is 1.29 bits per heavy atom. The van der Waals surface area contributed by atoms with Gasteiger partial charge in [0.2, 0.25) is 0 Å². The highest BCUT2D eigenvalue weighted by molar-refractivity contribution is 7.96. The summed E-state index contributed by atoms with van der Waals surface area (Å²) in [6.45, 7) is 3.95. The number of carbonyl (C=O) groups excluding carboxylic acids is 1. The number of piperidine rings is 1. The molecule has 0 aliphatic carbocycles. The molecule has 24 heavy (non-hydrogen) atoms. The lowest BCUT2D eigenvalue weighted by Gasteiger charge is -2.31. The third-order valence-electron chi connectivity index (χ3n) is 3.45. The van der Waals surface area contributed by atoms with Gasteiger partial charge in [-0.25, -0.2) is 4.79 Å². The summed E-state index contributed by atoms with van der Waals surface area (Å²) in [7, 11) is 0. The van der Waals surface area contributed by atoms with Crippen molar-refractivity contribution in [3.63, 3.8) is 0 Å². The zero-order chi connectivity index (χ0) is 17.6. The highest BCUT2D eigenvalue weighted by atomic mass is 32.2. The second-order valence-corrected chi connectivity index (χ2v) is 6.64. The highest BCUT2D eigenvalue weighted by Crippen LogP contribution is 2.24. The number of amides is 2. The standard InChI is InChI=1S/C15H20F3N3O2S/c1-2-24-21-9-7-12(8-10-21)20-14(22)19-11-3-5-13(6-4-11)23-15(16,17)18/h3-6,12H,2,7-10H2,1H3,(H2,19,20,22). The van der Waals surface area contributed by atoms with Crippen LogP contribution in [0.3, 0.4) is 0 Å². The smallest absolute Gasteiger partial charge is 0.406 e. The molecule has 2 amide bonds. The van der Waals surface area contributed by atoms with Gasteiger partial charge < -0.3 is 15.4 Å². The van der Waals surface area contributed by atoms with Crippen LogP contribution in [0.15, 0.2) is 24.3 Å². The molecular weight excluding hydrogens is 343 g/mol. The number of benzene rings is 1. The van der Waals surface area contributed by atoms with Gasteiger partial charge >= 0.3 is 12.4 Å². The average Bonchev–Trinajstić information content (AvgIpc) is 2.50. The summed E-state index contributed by atoms with van der Waals surface area (Å²) < 4.78 is 42.3. The van der Waals surface area contributed by atoms with Crippen molar-refractivity contribution >= 4 is 23.7 Å². The topological polar surface area (TPSA) is 53.6 Å². The number of ether oxygens (including phenoxy) is 1. The first-order chi connectivity index (χ1) is 11.4. The summed E-state index contributed by atoms with van der Waals surface area (Å²) in [6, 6.07) is 4.78. The summed E-state index contributed by atoms with van der Waals surface area (Å²) in [6.07, 6.45) is -2.98. The summed E-state index contributed by atoms with van der Waals surface area (Å²) in [5, 5.41) is 5.50. The number of alkyl halides is 3. The largest absolute Gasteiger partial charge is 0.573 e. The number of halogens is 3. The van der Waals surface area contributed by atoms with Crippen molar-refractivity contribution in [2.75, 3.05) is 24.2 Å². The van der Waals surface area contributed by atoms with Gasteiger partial charge in [0.1, 0.15) is 5.75 Å². The van der Waals surface area contributed by atoms with E-state index in [0.717, 1.165) is 43.8 Å². The second-order valence-electron chi connectivity index (χ2n) is 5.29. The number of anilines is 1. The van der Waals surface area contributed by atoms with Crippen LogP contribution in [-0.2, 0) is 0 Å². The molecule has 0 atom stereocenters. The van der Waals surface area contributed by atoms with Crippen molar-refractivity contribution in [3.05, 3.63) is 24.3 Å². The first-order valence-corrected chi connectivity index (χ1v) is 8.61. The molecule has 1 aromatic carbocycles. The lowest BCUT2D eigenvalue weighted by molar-refractivity contribution is -0.274. The maximum absolute atomic E-state index is 12.1. The Morgan fingerprint density at radius 3 is 2.46 bits per heavy atom. The Hall–Kier alpha value is -1.61. The monoisotopic (exact) mass is 363 g/mol. The van der Waals surface area contributed by atoms with Gasteiger partial charge in [-0.15, -0.1) is 13.2 Å². The first kappa shape index (κ1) is 18.7. The molecule has 1 heterocycles. The molecule has 1 aliphatic heterocycles. The molecule has 2 N–H and O–H groups in total. The van der Waals surface area contributed by atoms with Crippen molar-refractivity contribution in [2.45, 2.75) is 32.2 Å². The van der Waals surface area contributed by atoms with E-state index in [9.17, 15) is 18.0 Å². The van der Waals surface area contributed by atoms with Gasteiger partial charge in [0.05, 0.1) is 0 Å². The van der Waals surface area contributed by atoms with E-state index in [4.69, 9.17) is 0 Å². The fourth-order valence-corrected chi connectivity index (χ4v) is 3.24. The van der Waals surface area contributed by atoms with Gasteiger partial charge in [-0.1, -0.05) is 18.9 Å². The van der Waals surface area contributed by atoms with Gasteiger partial charge in [-0.05, 0) is 37.1 Å². The fraction of sp³-hybridized carbons (Fsp3) is 0.533. The number of nitrogens with zero attached hydrogens (tertiary/aromatic N) is 1. The van der Waals surface area contributed by atoms with E-state index in [1.165, 1.54) is 12.1 Å². The third kappa shape index (κ3) is 6.48. The summed E-state index contributed by atoms with van der Waals surface area (Å²) in [5.41, 5.74) is 0.404. The Balaban J connectivity index is 1.76. The van der Waals surface area contributed by atoms with E-state index in [1.807, 2.05) is 0 Å². The zero-order valence-corrected chi connectivity index (χ0v) is 14.0. The molecule has 0 bridgehead atoms. The van der Waals surface area contributed by atoms with Crippen molar-refractivity contribution in [1.82, 2.24) is 9.62 Å². The van der Waals surface area contributed by atoms with E-state index in [0.29, 0.717) is 5.69 Å². The number of nitrogens with one attached hydrogen (secondary N) is 2.